The molecule has 22 atom stereocenters. The van der Waals surface area contributed by atoms with Gasteiger partial charge in [-0.2, -0.15) is 0 Å². The lowest BCUT2D eigenvalue weighted by atomic mass is 9.95. The van der Waals surface area contributed by atoms with E-state index in [0.29, 0.717) is 18.4 Å². The van der Waals surface area contributed by atoms with Crippen LogP contribution in [0.5, 0.6) is 0 Å². The Balaban J connectivity index is 1.14. The minimum atomic E-state index is -6.08. The molecule has 2 unspecified atom stereocenters. The minimum Gasteiger partial charge on any atom is -0.756 e. The first-order valence-electron chi connectivity index (χ1n) is 38.0. The molecule has 0 saturated carbocycles. The Morgan fingerprint density at radius 3 is 1.03 bits per heavy atom. The molecule has 28 nitrogen and oxygen atoms in total. The van der Waals surface area contributed by atoms with Crippen molar-refractivity contribution in [2.75, 3.05) is 26.4 Å². The van der Waals surface area contributed by atoms with Crippen molar-refractivity contribution in [1.82, 2.24) is 0 Å². The van der Waals surface area contributed by atoms with Gasteiger partial charge in [-0.1, -0.05) is 128 Å². The van der Waals surface area contributed by atoms with Crippen LogP contribution in [0.1, 0.15) is 212 Å². The Morgan fingerprint density at radius 2 is 0.651 bits per heavy atom. The van der Waals surface area contributed by atoms with Crippen molar-refractivity contribution in [3.8, 4) is 0 Å². The number of rotatable bonds is 47. The Kier molecular flexibility index (Phi) is 44.5. The number of carbonyl (C=O) groups excluding carboxylic acids is 1. The van der Waals surface area contributed by atoms with Crippen molar-refractivity contribution in [3.63, 3.8) is 0 Å². The van der Waals surface area contributed by atoms with Crippen LogP contribution in [0.2, 0.25) is 0 Å². The SMILES string of the molecule is CC(C)=CCC/C(C)=C/CC/C(C)=C/CC/C(C)=C\CC/C(C)=C\CC/C(C)=C\CC/C(C)=C\CC/C(C)=C\CC/C(C)=C\CC/C(C)=C\CC/C(C)=C\COP(=O)([O-])OP(=O)([O-])O[C@H]1O[C@H](CO)[C@@H](O[C@@H]2O[C@H](CO)[C@@H](O)[C@H](O[C@H]3O[C@H](CO)[C@@H](O)[C@H](O)[C@@H]3O[C@@H]3O[C@H](C(=O)[O-])[C@@H](O)[C@H](O)[C@H]3O)[C@H]2O)[C@H](O)[C@H]1O. The highest BCUT2D eigenvalue weighted by Gasteiger charge is 2.56. The number of carbonyl (C=O) groups is 1. The summed E-state index contributed by atoms with van der Waals surface area (Å²) in [5.41, 5.74) is 14.8. The molecule has 30 heteroatoms. The van der Waals surface area contributed by atoms with Crippen LogP contribution < -0.4 is 14.9 Å². The normalized spacial score (nSPS) is 31.7. The van der Waals surface area contributed by atoms with Gasteiger partial charge < -0.3 is 119 Å². The Bertz CT molecular complexity index is 3220. The van der Waals surface area contributed by atoms with Gasteiger partial charge in [0.2, 0.25) is 0 Å². The zero-order valence-electron chi connectivity index (χ0n) is 65.7. The van der Waals surface area contributed by atoms with Gasteiger partial charge in [0.1, 0.15) is 97.7 Å². The van der Waals surface area contributed by atoms with Gasteiger partial charge in [0, 0.05) is 0 Å². The fourth-order valence-corrected chi connectivity index (χ4v) is 14.7. The molecule has 0 amide bonds. The molecule has 12 N–H and O–H groups in total. The van der Waals surface area contributed by atoms with Crippen molar-refractivity contribution >= 4 is 21.6 Å². The predicted molar refractivity (Wildman–Crippen MR) is 402 cm³/mol. The maximum absolute atomic E-state index is 12.9. The second-order valence-corrected chi connectivity index (χ2v) is 32.6. The van der Waals surface area contributed by atoms with Crippen molar-refractivity contribution in [2.45, 2.75) is 334 Å². The summed E-state index contributed by atoms with van der Waals surface area (Å²) >= 11 is 0. The Morgan fingerprint density at radius 1 is 0.339 bits per heavy atom. The van der Waals surface area contributed by atoms with E-state index in [0.717, 1.165) is 116 Å². The fraction of sp³-hybridized carbons (Fsp3) is 0.709. The molecule has 624 valence electrons. The summed E-state index contributed by atoms with van der Waals surface area (Å²) in [6.07, 6.45) is 1.61. The highest BCUT2D eigenvalue weighted by Crippen LogP contribution is 2.57. The van der Waals surface area contributed by atoms with Crippen LogP contribution in [0.15, 0.2) is 128 Å². The van der Waals surface area contributed by atoms with Gasteiger partial charge >= 0.3 is 0 Å². The summed E-state index contributed by atoms with van der Waals surface area (Å²) in [4.78, 5) is 37.3. The van der Waals surface area contributed by atoms with E-state index in [-0.39, 0.29) is 0 Å². The number of allylic oxidation sites excluding steroid dienone is 21. The van der Waals surface area contributed by atoms with Gasteiger partial charge in [0.15, 0.2) is 25.2 Å². The largest absolute Gasteiger partial charge is 0.756 e. The van der Waals surface area contributed by atoms with Crippen molar-refractivity contribution in [2.24, 2.45) is 0 Å². The van der Waals surface area contributed by atoms with E-state index in [9.17, 15) is 90.1 Å². The third kappa shape index (κ3) is 35.0. The molecule has 0 spiro atoms. The lowest BCUT2D eigenvalue weighted by Gasteiger charge is -2.49. The van der Waals surface area contributed by atoms with Crippen molar-refractivity contribution in [3.05, 3.63) is 128 Å². The molecule has 0 aromatic carbocycles. The molecular weight excluding hydrogens is 1460 g/mol. The number of carboxylic acid groups (broad SMARTS) is 1. The number of aliphatic hydroxyl groups is 12. The molecule has 0 aromatic rings. The maximum atomic E-state index is 12.9. The molecule has 0 radical (unpaired) electrons. The molecule has 4 fully saturated rings. The summed E-state index contributed by atoms with van der Waals surface area (Å²) in [7, 11) is -11.8. The summed E-state index contributed by atoms with van der Waals surface area (Å²) in [5, 5.41) is 140. The highest BCUT2D eigenvalue weighted by atomic mass is 31.3. The number of phosphoric acid groups is 2. The van der Waals surface area contributed by atoms with E-state index in [1.165, 1.54) is 61.8 Å². The molecule has 0 aliphatic carbocycles. The van der Waals surface area contributed by atoms with Crippen LogP contribution in [0.3, 0.4) is 0 Å². The number of phosphoric ester groups is 2. The zero-order chi connectivity index (χ0) is 81.3. The van der Waals surface area contributed by atoms with Crippen LogP contribution in [-0.2, 0) is 60.4 Å². The fourth-order valence-electron chi connectivity index (χ4n) is 12.7. The molecule has 0 bridgehead atoms. The van der Waals surface area contributed by atoms with Gasteiger partial charge in [-0.15, -0.1) is 0 Å². The van der Waals surface area contributed by atoms with Crippen molar-refractivity contribution < 1.29 is 137 Å². The molecule has 4 aliphatic heterocycles. The number of ether oxygens (including phenoxy) is 7. The number of aliphatic hydroxyl groups excluding tert-OH is 12. The van der Waals surface area contributed by atoms with E-state index in [1.807, 2.05) is 6.92 Å². The zero-order valence-corrected chi connectivity index (χ0v) is 67.5. The molecule has 4 rings (SSSR count). The van der Waals surface area contributed by atoms with Gasteiger partial charge in [-0.05, 0) is 212 Å². The summed E-state index contributed by atoms with van der Waals surface area (Å²) < 4.78 is 77.6. The third-order valence-electron chi connectivity index (χ3n) is 19.6. The molecule has 4 saturated heterocycles. The van der Waals surface area contributed by atoms with E-state index in [4.69, 9.17) is 37.7 Å². The average molecular weight is 1590 g/mol. The standard InChI is InChI=1S/C79H130O28P2/c1-48(2)23-13-24-49(3)25-14-26-50(4)27-15-28-51(5)29-16-30-52(6)31-17-32-53(7)33-18-34-54(8)35-19-36-55(9)37-20-38-56(10)39-21-40-57(11)41-22-42-58(12)43-44-98-108(94,95)107-109(96,97)106-78-69(90)67(88)71(61(47-82)101-78)102-77-70(91)72(63(84)60(46-81)99-77)103-79-74(65(86)62(83)59(45-80)100-79)105-76-68(89)64(85)66(87)73(104-76)75(92)93/h23,25,27,29,31,33,35,37,39,41,43,59-74,76-91H,13-22,24,26,28,30,32,34,36,38,40,42,44-47H2,1-12H3,(H,92,93)(H,94,95)(H,96,97)/p-3/b49-25+,50-27+,51-29-,52-31-,53-33-,54-35-,55-37-,56-39-,57-41-,58-43-/t59-,60-,61-,62-,63-,64+,65+,66+,67-,68-,69-,70-,71-,72+,73+,74+,76+,77+,78-,79-/m1/s1. The summed E-state index contributed by atoms with van der Waals surface area (Å²) in [6, 6.07) is 0. The van der Waals surface area contributed by atoms with Gasteiger partial charge in [-0.3, -0.25) is 13.7 Å². The third-order valence-corrected chi connectivity index (χ3v) is 22.1. The summed E-state index contributed by atoms with van der Waals surface area (Å²) in [5.74, 6) is -2.07. The van der Waals surface area contributed by atoms with Gasteiger partial charge in [0.25, 0.3) is 15.6 Å². The number of hydrogen-bond acceptors (Lipinski definition) is 28. The number of hydrogen-bond donors (Lipinski definition) is 12. The highest BCUT2D eigenvalue weighted by molar-refractivity contribution is 7.59. The molecule has 109 heavy (non-hydrogen) atoms. The smallest absolute Gasteiger partial charge is 0.276 e. The molecule has 4 aliphatic rings. The van der Waals surface area contributed by atoms with Crippen LogP contribution in [-0.4, -0.2) is 216 Å². The predicted octanol–water partition coefficient (Wildman–Crippen LogP) is 7.23. The van der Waals surface area contributed by atoms with Crippen LogP contribution in [0, 0.1) is 0 Å². The van der Waals surface area contributed by atoms with E-state index in [1.54, 1.807) is 6.92 Å². The summed E-state index contributed by atoms with van der Waals surface area (Å²) in [6.45, 7) is 22.0. The van der Waals surface area contributed by atoms with E-state index in [2.05, 4.69) is 139 Å². The van der Waals surface area contributed by atoms with E-state index < -0.39 is 171 Å². The van der Waals surface area contributed by atoms with Crippen LogP contribution in [0.4, 0.5) is 0 Å². The second kappa shape index (κ2) is 49.8. The topological polar surface area (TPSA) is 455 Å². The first-order chi connectivity index (χ1) is 51.4. The maximum Gasteiger partial charge on any atom is 0.276 e. The molecular formula is C79H127O28P2-3. The lowest BCUT2D eigenvalue weighted by Crippen LogP contribution is -2.68. The number of carboxylic acids is 1. The first-order valence-corrected chi connectivity index (χ1v) is 40.9. The van der Waals surface area contributed by atoms with Crippen molar-refractivity contribution in [1.29, 1.82) is 0 Å². The Labute approximate surface area is 644 Å². The van der Waals surface area contributed by atoms with E-state index >= 15 is 0 Å². The number of aliphatic carboxylic acids is 1. The first kappa shape index (κ1) is 97.5. The lowest BCUT2D eigenvalue weighted by molar-refractivity contribution is -0.398. The van der Waals surface area contributed by atoms with Gasteiger partial charge in [0.05, 0.1) is 32.4 Å². The molecule has 4 heterocycles. The monoisotopic (exact) mass is 1590 g/mol. The minimum absolute atomic E-state index is 0.517. The second-order valence-electron chi connectivity index (χ2n) is 29.7. The van der Waals surface area contributed by atoms with Gasteiger partial charge in [-0.25, -0.2) is 4.31 Å². The molecule has 0 aromatic heterocycles. The Hall–Kier alpha value is -3.89. The van der Waals surface area contributed by atoms with Crippen LogP contribution in [0.25, 0.3) is 0 Å². The van der Waals surface area contributed by atoms with Crippen LogP contribution >= 0.6 is 15.6 Å². The average Bonchev–Trinajstić information content (AvgIpc) is 0.773. The quantitative estimate of drug-likeness (QED) is 0.0211.